The average molecular weight is 328 g/mol. The summed E-state index contributed by atoms with van der Waals surface area (Å²) in [7, 11) is 1.60. The van der Waals surface area contributed by atoms with Gasteiger partial charge in [0, 0.05) is 10.5 Å². The number of rotatable bonds is 7. The molecule has 1 amide bonds. The minimum atomic E-state index is -0.0604. The van der Waals surface area contributed by atoms with E-state index in [4.69, 9.17) is 4.74 Å². The monoisotopic (exact) mass is 327 g/mol. The van der Waals surface area contributed by atoms with Gasteiger partial charge in [-0.15, -0.1) is 0 Å². The molecule has 0 aromatic heterocycles. The fraction of sp³-hybridized carbons (Fsp3) is 0.533. The van der Waals surface area contributed by atoms with Crippen LogP contribution in [-0.2, 0) is 0 Å². The van der Waals surface area contributed by atoms with E-state index in [1.165, 1.54) is 12.8 Å². The summed E-state index contributed by atoms with van der Waals surface area (Å²) >= 11 is 3.40. The standard InChI is InChI=1S/C15H22BrNO2/c1-4-5-6-7-11(2)17-15(18)13-10-12(19-3)8-9-14(13)16/h8-11H,4-7H2,1-3H3,(H,17,18). The number of nitrogens with one attached hydrogen (secondary N) is 1. The number of amides is 1. The molecule has 106 valence electrons. The predicted molar refractivity (Wildman–Crippen MR) is 81.8 cm³/mol. The van der Waals surface area contributed by atoms with Gasteiger partial charge in [-0.2, -0.15) is 0 Å². The summed E-state index contributed by atoms with van der Waals surface area (Å²) in [5, 5.41) is 3.02. The molecule has 1 atom stereocenters. The van der Waals surface area contributed by atoms with Crippen molar-refractivity contribution in [1.29, 1.82) is 0 Å². The number of unbranched alkanes of at least 4 members (excludes halogenated alkanes) is 2. The summed E-state index contributed by atoms with van der Waals surface area (Å²) in [6, 6.07) is 5.59. The van der Waals surface area contributed by atoms with Crippen LogP contribution < -0.4 is 10.1 Å². The van der Waals surface area contributed by atoms with E-state index in [0.29, 0.717) is 11.3 Å². The third kappa shape index (κ3) is 5.23. The lowest BCUT2D eigenvalue weighted by Gasteiger charge is -2.14. The molecule has 0 saturated carbocycles. The van der Waals surface area contributed by atoms with Gasteiger partial charge in [-0.3, -0.25) is 4.79 Å². The fourth-order valence-corrected chi connectivity index (χ4v) is 2.31. The highest BCUT2D eigenvalue weighted by molar-refractivity contribution is 9.10. The highest BCUT2D eigenvalue weighted by Gasteiger charge is 2.13. The molecule has 0 spiro atoms. The minimum Gasteiger partial charge on any atom is -0.497 e. The molecule has 4 heteroatoms. The van der Waals surface area contributed by atoms with Crippen molar-refractivity contribution < 1.29 is 9.53 Å². The van der Waals surface area contributed by atoms with Gasteiger partial charge in [0.15, 0.2) is 0 Å². The highest BCUT2D eigenvalue weighted by atomic mass is 79.9. The molecule has 0 aliphatic heterocycles. The van der Waals surface area contributed by atoms with Gasteiger partial charge in [-0.25, -0.2) is 0 Å². The molecule has 1 unspecified atom stereocenters. The molecule has 0 fully saturated rings. The van der Waals surface area contributed by atoms with Crippen molar-refractivity contribution in [3.8, 4) is 5.75 Å². The molecule has 1 N–H and O–H groups in total. The molecule has 1 aromatic carbocycles. The van der Waals surface area contributed by atoms with Gasteiger partial charge < -0.3 is 10.1 Å². The zero-order chi connectivity index (χ0) is 14.3. The molecule has 0 radical (unpaired) electrons. The second-order valence-electron chi connectivity index (χ2n) is 4.72. The molecular formula is C15H22BrNO2. The van der Waals surface area contributed by atoms with Gasteiger partial charge in [0.1, 0.15) is 5.75 Å². The quantitative estimate of drug-likeness (QED) is 0.764. The third-order valence-electron chi connectivity index (χ3n) is 3.04. The Bertz CT molecular complexity index is 421. The largest absolute Gasteiger partial charge is 0.497 e. The Balaban J connectivity index is 2.62. The van der Waals surface area contributed by atoms with E-state index < -0.39 is 0 Å². The third-order valence-corrected chi connectivity index (χ3v) is 3.73. The maximum absolute atomic E-state index is 12.2. The Kier molecular flexibility index (Phi) is 6.92. The molecule has 1 rings (SSSR count). The highest BCUT2D eigenvalue weighted by Crippen LogP contribution is 2.22. The number of hydrogen-bond acceptors (Lipinski definition) is 2. The van der Waals surface area contributed by atoms with Crippen LogP contribution in [0.25, 0.3) is 0 Å². The van der Waals surface area contributed by atoms with Crippen LogP contribution in [0.5, 0.6) is 5.75 Å². The van der Waals surface area contributed by atoms with Crippen LogP contribution in [0, 0.1) is 0 Å². The second-order valence-corrected chi connectivity index (χ2v) is 5.57. The van der Waals surface area contributed by atoms with Crippen LogP contribution in [0.4, 0.5) is 0 Å². The Labute approximate surface area is 123 Å². The molecule has 0 aliphatic rings. The number of methoxy groups -OCH3 is 1. The molecule has 19 heavy (non-hydrogen) atoms. The van der Waals surface area contributed by atoms with Gasteiger partial charge in [0.05, 0.1) is 12.7 Å². The van der Waals surface area contributed by atoms with E-state index >= 15 is 0 Å². The Morgan fingerprint density at radius 2 is 2.16 bits per heavy atom. The number of carbonyl (C=O) groups is 1. The van der Waals surface area contributed by atoms with Crippen molar-refractivity contribution >= 4 is 21.8 Å². The smallest absolute Gasteiger partial charge is 0.252 e. The molecule has 0 saturated heterocycles. The van der Waals surface area contributed by atoms with E-state index in [1.807, 2.05) is 19.1 Å². The van der Waals surface area contributed by atoms with Crippen LogP contribution in [0.15, 0.2) is 22.7 Å². The lowest BCUT2D eigenvalue weighted by Crippen LogP contribution is -2.32. The fourth-order valence-electron chi connectivity index (χ4n) is 1.88. The lowest BCUT2D eigenvalue weighted by atomic mass is 10.1. The summed E-state index contributed by atoms with van der Waals surface area (Å²) in [5.41, 5.74) is 0.613. The topological polar surface area (TPSA) is 38.3 Å². The molecular weight excluding hydrogens is 306 g/mol. The summed E-state index contributed by atoms with van der Waals surface area (Å²) in [5.74, 6) is 0.627. The first-order valence-corrected chi connectivity index (χ1v) is 7.52. The first kappa shape index (κ1) is 16.0. The zero-order valence-corrected chi connectivity index (χ0v) is 13.4. The van der Waals surface area contributed by atoms with Crippen LogP contribution >= 0.6 is 15.9 Å². The average Bonchev–Trinajstić information content (AvgIpc) is 2.39. The van der Waals surface area contributed by atoms with E-state index in [2.05, 4.69) is 28.2 Å². The van der Waals surface area contributed by atoms with Crippen molar-refractivity contribution in [3.05, 3.63) is 28.2 Å². The molecule has 0 aliphatic carbocycles. The lowest BCUT2D eigenvalue weighted by molar-refractivity contribution is 0.0937. The van der Waals surface area contributed by atoms with Crippen LogP contribution in [0.2, 0.25) is 0 Å². The number of ether oxygens (including phenoxy) is 1. The van der Waals surface area contributed by atoms with Crippen LogP contribution in [0.1, 0.15) is 49.9 Å². The summed E-state index contributed by atoms with van der Waals surface area (Å²) in [4.78, 5) is 12.2. The van der Waals surface area contributed by atoms with Gasteiger partial charge in [-0.1, -0.05) is 26.2 Å². The Morgan fingerprint density at radius 1 is 1.42 bits per heavy atom. The van der Waals surface area contributed by atoms with Gasteiger partial charge in [0.2, 0.25) is 0 Å². The number of carbonyl (C=O) groups excluding carboxylic acids is 1. The van der Waals surface area contributed by atoms with Crippen molar-refractivity contribution in [2.24, 2.45) is 0 Å². The van der Waals surface area contributed by atoms with Gasteiger partial charge in [0.25, 0.3) is 5.91 Å². The van der Waals surface area contributed by atoms with Gasteiger partial charge in [-0.05, 0) is 47.5 Å². The minimum absolute atomic E-state index is 0.0604. The van der Waals surface area contributed by atoms with Crippen molar-refractivity contribution in [2.75, 3.05) is 7.11 Å². The van der Waals surface area contributed by atoms with E-state index in [-0.39, 0.29) is 11.9 Å². The Morgan fingerprint density at radius 3 is 2.79 bits per heavy atom. The summed E-state index contributed by atoms with van der Waals surface area (Å²) < 4.78 is 5.93. The normalized spacial score (nSPS) is 12.0. The molecule has 0 heterocycles. The Hall–Kier alpha value is -1.03. The van der Waals surface area contributed by atoms with E-state index in [1.54, 1.807) is 13.2 Å². The van der Waals surface area contributed by atoms with E-state index in [9.17, 15) is 4.79 Å². The van der Waals surface area contributed by atoms with Crippen molar-refractivity contribution in [2.45, 2.75) is 45.6 Å². The first-order valence-electron chi connectivity index (χ1n) is 6.72. The first-order chi connectivity index (χ1) is 9.08. The molecule has 1 aromatic rings. The number of hydrogen-bond donors (Lipinski definition) is 1. The predicted octanol–water partition coefficient (Wildman–Crippen LogP) is 4.16. The van der Waals surface area contributed by atoms with Gasteiger partial charge >= 0.3 is 0 Å². The molecule has 3 nitrogen and oxygen atoms in total. The van der Waals surface area contributed by atoms with E-state index in [0.717, 1.165) is 17.3 Å². The SMILES string of the molecule is CCCCCC(C)NC(=O)c1cc(OC)ccc1Br. The summed E-state index contributed by atoms with van der Waals surface area (Å²) in [6.45, 7) is 4.22. The maximum atomic E-state index is 12.2. The number of benzene rings is 1. The van der Waals surface area contributed by atoms with Crippen molar-refractivity contribution in [1.82, 2.24) is 5.32 Å². The number of halogens is 1. The maximum Gasteiger partial charge on any atom is 0.252 e. The second kappa shape index (κ2) is 8.20. The molecule has 0 bridgehead atoms. The zero-order valence-electron chi connectivity index (χ0n) is 11.8. The van der Waals surface area contributed by atoms with Crippen LogP contribution in [0.3, 0.4) is 0 Å². The van der Waals surface area contributed by atoms with Crippen LogP contribution in [-0.4, -0.2) is 19.1 Å². The summed E-state index contributed by atoms with van der Waals surface area (Å²) in [6.07, 6.45) is 4.57. The van der Waals surface area contributed by atoms with Crippen molar-refractivity contribution in [3.63, 3.8) is 0 Å².